The van der Waals surface area contributed by atoms with Crippen LogP contribution in [-0.4, -0.2) is 32.5 Å². The molecule has 0 bridgehead atoms. The second kappa shape index (κ2) is 12.0. The molecule has 3 N–H and O–H groups in total. The average Bonchev–Trinajstić information content (AvgIpc) is 3.47. The third-order valence-electron chi connectivity index (χ3n) is 5.68. The van der Waals surface area contributed by atoms with E-state index >= 15 is 0 Å². The number of hydrogen-bond acceptors (Lipinski definition) is 5. The largest absolute Gasteiger partial charge is 0.353 e. The van der Waals surface area contributed by atoms with Gasteiger partial charge in [-0.2, -0.15) is 0 Å². The van der Waals surface area contributed by atoms with Gasteiger partial charge in [-0.1, -0.05) is 79.2 Å². The predicted octanol–water partition coefficient (Wildman–Crippen LogP) is 4.22. The molecular formula is C24H30ClN5OS. The fraction of sp³-hybridized carbons (Fsp3) is 0.375. The number of benzene rings is 2. The zero-order chi connectivity index (χ0) is 21.5. The quantitative estimate of drug-likeness (QED) is 0.456. The fourth-order valence-corrected chi connectivity index (χ4v) is 4.73. The summed E-state index contributed by atoms with van der Waals surface area (Å²) in [5, 5.41) is 12.8. The van der Waals surface area contributed by atoms with Crippen LogP contribution in [0.25, 0.3) is 11.4 Å². The lowest BCUT2D eigenvalue weighted by Gasteiger charge is -2.13. The van der Waals surface area contributed by atoms with Gasteiger partial charge in [0.15, 0.2) is 11.0 Å². The normalized spacial score (nSPS) is 13.7. The van der Waals surface area contributed by atoms with Crippen LogP contribution in [0, 0.1) is 0 Å². The molecule has 3 aromatic rings. The summed E-state index contributed by atoms with van der Waals surface area (Å²) >= 11 is 1.45. The Balaban J connectivity index is 0.00000289. The first-order valence-electron chi connectivity index (χ1n) is 10.9. The van der Waals surface area contributed by atoms with Crippen molar-refractivity contribution >= 4 is 30.1 Å². The number of thioether (sulfide) groups is 1. The Morgan fingerprint density at radius 2 is 1.75 bits per heavy atom. The number of amides is 1. The van der Waals surface area contributed by atoms with Crippen LogP contribution in [0.5, 0.6) is 0 Å². The molecule has 1 aliphatic carbocycles. The summed E-state index contributed by atoms with van der Waals surface area (Å²) in [6.45, 7) is 1.26. The summed E-state index contributed by atoms with van der Waals surface area (Å²) in [4.78, 5) is 12.4. The number of rotatable bonds is 9. The van der Waals surface area contributed by atoms with Crippen molar-refractivity contribution in [2.24, 2.45) is 5.73 Å². The summed E-state index contributed by atoms with van der Waals surface area (Å²) in [5.74, 6) is 1.24. The molecule has 1 saturated carbocycles. The predicted molar refractivity (Wildman–Crippen MR) is 132 cm³/mol. The minimum atomic E-state index is 0. The Bertz CT molecular complexity index is 987. The highest BCUT2D eigenvalue weighted by molar-refractivity contribution is 7.99. The van der Waals surface area contributed by atoms with E-state index in [4.69, 9.17) is 5.73 Å². The lowest BCUT2D eigenvalue weighted by Crippen LogP contribution is -2.33. The fourth-order valence-electron chi connectivity index (χ4n) is 3.96. The van der Waals surface area contributed by atoms with Crippen molar-refractivity contribution in [3.8, 4) is 11.4 Å². The number of hydrogen-bond donors (Lipinski definition) is 2. The van der Waals surface area contributed by atoms with Crippen LogP contribution < -0.4 is 11.1 Å². The van der Waals surface area contributed by atoms with E-state index in [0.29, 0.717) is 18.3 Å². The van der Waals surface area contributed by atoms with E-state index in [-0.39, 0.29) is 18.3 Å². The Morgan fingerprint density at radius 1 is 1.03 bits per heavy atom. The standard InChI is InChI=1S/C24H29N5OS.ClH/c25-16-19-10-12-20(13-11-19)23-27-28-24(29(23)15-14-18-6-2-1-3-7-18)31-17-22(30)26-21-8-4-5-9-21;/h1-3,6-7,10-13,21H,4-5,8-9,14-17,25H2,(H,26,30);1H. The summed E-state index contributed by atoms with van der Waals surface area (Å²) < 4.78 is 2.12. The van der Waals surface area contributed by atoms with E-state index in [2.05, 4.69) is 44.3 Å². The average molecular weight is 472 g/mol. The Kier molecular flexibility index (Phi) is 9.14. The Hall–Kier alpha value is -2.35. The van der Waals surface area contributed by atoms with Crippen LogP contribution in [0.15, 0.2) is 59.8 Å². The van der Waals surface area contributed by atoms with Crippen molar-refractivity contribution in [2.45, 2.75) is 56.4 Å². The van der Waals surface area contributed by atoms with Crippen LogP contribution in [0.1, 0.15) is 36.8 Å². The summed E-state index contributed by atoms with van der Waals surface area (Å²) in [5.41, 5.74) is 9.08. The molecular weight excluding hydrogens is 442 g/mol. The van der Waals surface area contributed by atoms with Gasteiger partial charge in [0.05, 0.1) is 5.75 Å². The first kappa shape index (κ1) is 24.3. The summed E-state index contributed by atoms with van der Waals surface area (Å²) in [6.07, 6.45) is 5.46. The molecule has 0 atom stereocenters. The van der Waals surface area contributed by atoms with Crippen molar-refractivity contribution in [3.05, 3.63) is 65.7 Å². The van der Waals surface area contributed by atoms with Crippen LogP contribution in [0.3, 0.4) is 0 Å². The van der Waals surface area contributed by atoms with Gasteiger partial charge >= 0.3 is 0 Å². The van der Waals surface area contributed by atoms with Crippen molar-refractivity contribution in [3.63, 3.8) is 0 Å². The van der Waals surface area contributed by atoms with Crippen molar-refractivity contribution < 1.29 is 4.79 Å². The molecule has 170 valence electrons. The van der Waals surface area contributed by atoms with Crippen LogP contribution in [0.4, 0.5) is 0 Å². The third-order valence-corrected chi connectivity index (χ3v) is 6.65. The summed E-state index contributed by atoms with van der Waals surface area (Å²) in [7, 11) is 0. The first-order chi connectivity index (χ1) is 15.2. The van der Waals surface area contributed by atoms with E-state index in [0.717, 1.165) is 47.9 Å². The number of aromatic nitrogens is 3. The van der Waals surface area contributed by atoms with E-state index < -0.39 is 0 Å². The maximum absolute atomic E-state index is 12.4. The second-order valence-electron chi connectivity index (χ2n) is 7.93. The smallest absolute Gasteiger partial charge is 0.230 e. The highest BCUT2D eigenvalue weighted by atomic mass is 35.5. The Morgan fingerprint density at radius 3 is 2.44 bits per heavy atom. The molecule has 1 fully saturated rings. The van der Waals surface area contributed by atoms with Crippen LogP contribution >= 0.6 is 24.2 Å². The number of nitrogens with zero attached hydrogens (tertiary/aromatic N) is 3. The van der Waals surface area contributed by atoms with E-state index in [1.54, 1.807) is 0 Å². The molecule has 0 saturated heterocycles. The molecule has 1 amide bonds. The first-order valence-corrected chi connectivity index (χ1v) is 11.9. The maximum atomic E-state index is 12.4. The van der Waals surface area contributed by atoms with Crippen molar-refractivity contribution in [1.82, 2.24) is 20.1 Å². The molecule has 0 spiro atoms. The van der Waals surface area contributed by atoms with Gasteiger partial charge in [0.1, 0.15) is 0 Å². The lowest BCUT2D eigenvalue weighted by atomic mass is 10.1. The second-order valence-corrected chi connectivity index (χ2v) is 8.87. The highest BCUT2D eigenvalue weighted by Crippen LogP contribution is 2.25. The van der Waals surface area contributed by atoms with Crippen molar-refractivity contribution in [2.75, 3.05) is 5.75 Å². The number of aryl methyl sites for hydroxylation is 1. The molecule has 1 aromatic heterocycles. The van der Waals surface area contributed by atoms with Gasteiger partial charge < -0.3 is 15.6 Å². The van der Waals surface area contributed by atoms with E-state index in [1.807, 2.05) is 30.3 Å². The molecule has 0 aliphatic heterocycles. The zero-order valence-corrected chi connectivity index (χ0v) is 19.7. The topological polar surface area (TPSA) is 85.8 Å². The van der Waals surface area contributed by atoms with Gasteiger partial charge in [-0.15, -0.1) is 22.6 Å². The Labute approximate surface area is 199 Å². The lowest BCUT2D eigenvalue weighted by molar-refractivity contribution is -0.119. The number of nitrogens with two attached hydrogens (primary N) is 1. The molecule has 8 heteroatoms. The van der Waals surface area contributed by atoms with Crippen LogP contribution in [-0.2, 0) is 24.3 Å². The highest BCUT2D eigenvalue weighted by Gasteiger charge is 2.19. The van der Waals surface area contributed by atoms with Gasteiger partial charge in [0.2, 0.25) is 5.91 Å². The molecule has 32 heavy (non-hydrogen) atoms. The molecule has 0 unspecified atom stereocenters. The number of carbonyl (C=O) groups is 1. The monoisotopic (exact) mass is 471 g/mol. The van der Waals surface area contributed by atoms with Gasteiger partial charge in [-0.25, -0.2) is 0 Å². The maximum Gasteiger partial charge on any atom is 0.230 e. The number of carbonyl (C=O) groups excluding carboxylic acids is 1. The molecule has 1 aliphatic rings. The molecule has 2 aromatic carbocycles. The zero-order valence-electron chi connectivity index (χ0n) is 18.1. The molecule has 4 rings (SSSR count). The minimum Gasteiger partial charge on any atom is -0.353 e. The molecule has 1 heterocycles. The molecule has 6 nitrogen and oxygen atoms in total. The van der Waals surface area contributed by atoms with Crippen LogP contribution in [0.2, 0.25) is 0 Å². The number of halogens is 1. The van der Waals surface area contributed by atoms with Gasteiger partial charge in [-0.3, -0.25) is 4.79 Å². The molecule has 0 radical (unpaired) electrons. The van der Waals surface area contributed by atoms with Gasteiger partial charge in [0, 0.05) is 24.7 Å². The third kappa shape index (κ3) is 6.34. The van der Waals surface area contributed by atoms with E-state index in [1.165, 1.54) is 30.2 Å². The SMILES string of the molecule is Cl.NCc1ccc(-c2nnc(SCC(=O)NC3CCCC3)n2CCc2ccccc2)cc1. The van der Waals surface area contributed by atoms with Crippen molar-refractivity contribution in [1.29, 1.82) is 0 Å². The minimum absolute atomic E-state index is 0. The number of nitrogens with one attached hydrogen (secondary N) is 1. The van der Waals surface area contributed by atoms with E-state index in [9.17, 15) is 4.79 Å². The summed E-state index contributed by atoms with van der Waals surface area (Å²) in [6, 6.07) is 18.8. The van der Waals surface area contributed by atoms with Gasteiger partial charge in [-0.05, 0) is 30.4 Å². The van der Waals surface area contributed by atoms with Gasteiger partial charge in [0.25, 0.3) is 0 Å².